The Hall–Kier alpha value is -2.22. The minimum atomic E-state index is -0.0424. The van der Waals surface area contributed by atoms with Crippen molar-refractivity contribution in [3.8, 4) is 16.3 Å². The van der Waals surface area contributed by atoms with Gasteiger partial charge in [0, 0.05) is 17.5 Å². The molecule has 3 heterocycles. The van der Waals surface area contributed by atoms with E-state index in [9.17, 15) is 4.79 Å². The van der Waals surface area contributed by atoms with E-state index >= 15 is 0 Å². The maximum atomic E-state index is 12.9. The Balaban J connectivity index is 1.49. The Morgan fingerprint density at radius 2 is 2.00 bits per heavy atom. The van der Waals surface area contributed by atoms with E-state index in [-0.39, 0.29) is 11.9 Å². The number of hydrogen-bond acceptors (Lipinski definition) is 6. The van der Waals surface area contributed by atoms with Crippen molar-refractivity contribution in [2.75, 3.05) is 26.7 Å². The maximum Gasteiger partial charge on any atom is 0.263 e. The lowest BCUT2D eigenvalue weighted by Gasteiger charge is -2.28. The van der Waals surface area contributed by atoms with Crippen LogP contribution in [0.3, 0.4) is 0 Å². The number of amides is 1. The molecule has 2 aromatic heterocycles. The Bertz CT molecular complexity index is 945. The van der Waals surface area contributed by atoms with Gasteiger partial charge in [-0.3, -0.25) is 9.69 Å². The van der Waals surface area contributed by atoms with Crippen molar-refractivity contribution in [1.29, 1.82) is 0 Å². The first-order valence-electron chi connectivity index (χ1n) is 9.82. The van der Waals surface area contributed by atoms with Crippen LogP contribution in [0.2, 0.25) is 0 Å². The molecule has 0 radical (unpaired) electrons. The van der Waals surface area contributed by atoms with Crippen molar-refractivity contribution in [3.63, 3.8) is 0 Å². The molecular weight excluding hydrogens is 402 g/mol. The summed E-state index contributed by atoms with van der Waals surface area (Å²) in [7, 11) is 1.68. The number of ether oxygens (including phenoxy) is 1. The van der Waals surface area contributed by atoms with Crippen LogP contribution in [0.15, 0.2) is 41.1 Å². The van der Waals surface area contributed by atoms with Gasteiger partial charge in [-0.2, -0.15) is 11.3 Å². The molecule has 4 rings (SSSR count). The van der Waals surface area contributed by atoms with Crippen molar-refractivity contribution in [3.05, 3.63) is 57.2 Å². The van der Waals surface area contributed by atoms with Crippen LogP contribution in [-0.4, -0.2) is 42.5 Å². The summed E-state index contributed by atoms with van der Waals surface area (Å²) in [5.74, 6) is 0.804. The van der Waals surface area contributed by atoms with E-state index in [4.69, 9.17) is 4.74 Å². The van der Waals surface area contributed by atoms with Gasteiger partial charge in [0.2, 0.25) is 0 Å². The van der Waals surface area contributed by atoms with E-state index < -0.39 is 0 Å². The van der Waals surface area contributed by atoms with Gasteiger partial charge in [0.05, 0.1) is 18.8 Å². The van der Waals surface area contributed by atoms with Crippen molar-refractivity contribution in [2.45, 2.75) is 25.8 Å². The van der Waals surface area contributed by atoms with E-state index in [0.29, 0.717) is 11.4 Å². The zero-order valence-electron chi connectivity index (χ0n) is 16.7. The summed E-state index contributed by atoms with van der Waals surface area (Å²) in [6, 6.07) is 10.4. The smallest absolute Gasteiger partial charge is 0.263 e. The third-order valence-electron chi connectivity index (χ3n) is 5.31. The molecule has 5 nitrogen and oxygen atoms in total. The fourth-order valence-corrected chi connectivity index (χ4v) is 5.42. The average Bonchev–Trinajstić information content (AvgIpc) is 3.50. The van der Waals surface area contributed by atoms with E-state index in [1.807, 2.05) is 30.5 Å². The van der Waals surface area contributed by atoms with Crippen LogP contribution < -0.4 is 10.1 Å². The highest BCUT2D eigenvalue weighted by Gasteiger charge is 2.25. The molecule has 1 saturated heterocycles. The number of aromatic nitrogens is 1. The Morgan fingerprint density at radius 1 is 1.24 bits per heavy atom. The predicted molar refractivity (Wildman–Crippen MR) is 119 cm³/mol. The van der Waals surface area contributed by atoms with Gasteiger partial charge in [0.25, 0.3) is 5.91 Å². The predicted octanol–water partition coefficient (Wildman–Crippen LogP) is 4.76. The molecule has 1 fully saturated rings. The number of hydrogen-bond donors (Lipinski definition) is 1. The molecule has 1 aliphatic heterocycles. The van der Waals surface area contributed by atoms with Crippen LogP contribution in [0, 0.1) is 6.92 Å². The summed E-state index contributed by atoms with van der Waals surface area (Å²) >= 11 is 3.10. The Kier molecular flexibility index (Phi) is 6.28. The SMILES string of the molecule is COc1ccc(C(CNC(=O)c2sc(-c3ccsc3)nc2C)N2CCCC2)cc1. The van der Waals surface area contributed by atoms with Crippen LogP contribution in [0.5, 0.6) is 5.75 Å². The number of nitrogens with one attached hydrogen (secondary N) is 1. The zero-order valence-corrected chi connectivity index (χ0v) is 18.3. The molecule has 0 saturated carbocycles. The number of thiophene rings is 1. The first-order chi connectivity index (χ1) is 14.2. The second-order valence-corrected chi connectivity index (χ2v) is 8.97. The maximum absolute atomic E-state index is 12.9. The van der Waals surface area contributed by atoms with Gasteiger partial charge in [0.1, 0.15) is 15.6 Å². The van der Waals surface area contributed by atoms with Gasteiger partial charge < -0.3 is 10.1 Å². The van der Waals surface area contributed by atoms with Gasteiger partial charge in [-0.25, -0.2) is 4.98 Å². The standard InChI is InChI=1S/C22H25N3O2S2/c1-15-20(29-22(24-15)17-9-12-28-14-17)21(26)23-13-19(25-10-3-4-11-25)16-5-7-18(27-2)8-6-16/h5-9,12,14,19H,3-4,10-11,13H2,1-2H3,(H,23,26). The average molecular weight is 428 g/mol. The molecule has 7 heteroatoms. The van der Waals surface area contributed by atoms with Gasteiger partial charge in [0.15, 0.2) is 0 Å². The van der Waals surface area contributed by atoms with E-state index in [0.717, 1.165) is 35.1 Å². The molecule has 152 valence electrons. The van der Waals surface area contributed by atoms with E-state index in [1.165, 1.54) is 29.7 Å². The highest BCUT2D eigenvalue weighted by Crippen LogP contribution is 2.30. The molecule has 0 bridgehead atoms. The molecule has 0 spiro atoms. The number of thiazole rings is 1. The molecule has 3 aromatic rings. The summed E-state index contributed by atoms with van der Waals surface area (Å²) in [4.78, 5) is 20.7. The monoisotopic (exact) mass is 427 g/mol. The summed E-state index contributed by atoms with van der Waals surface area (Å²) in [6.45, 7) is 4.61. The summed E-state index contributed by atoms with van der Waals surface area (Å²) in [6.07, 6.45) is 2.41. The minimum absolute atomic E-state index is 0.0424. The summed E-state index contributed by atoms with van der Waals surface area (Å²) in [5, 5.41) is 8.16. The van der Waals surface area contributed by atoms with Crippen LogP contribution in [0.25, 0.3) is 10.6 Å². The molecule has 1 unspecified atom stereocenters. The topological polar surface area (TPSA) is 54.5 Å². The van der Waals surface area contributed by atoms with E-state index in [1.54, 1.807) is 18.4 Å². The summed E-state index contributed by atoms with van der Waals surface area (Å²) in [5.41, 5.74) is 3.07. The van der Waals surface area contributed by atoms with Crippen molar-refractivity contribution in [1.82, 2.24) is 15.2 Å². The summed E-state index contributed by atoms with van der Waals surface area (Å²) < 4.78 is 5.29. The zero-order chi connectivity index (χ0) is 20.2. The van der Waals surface area contributed by atoms with Crippen LogP contribution in [0.4, 0.5) is 0 Å². The molecule has 1 atom stereocenters. The van der Waals surface area contributed by atoms with Crippen LogP contribution in [0.1, 0.15) is 39.8 Å². The lowest BCUT2D eigenvalue weighted by Crippen LogP contribution is -2.36. The van der Waals surface area contributed by atoms with Gasteiger partial charge in [-0.15, -0.1) is 11.3 Å². The number of nitrogens with zero attached hydrogens (tertiary/aromatic N) is 2. The normalized spacial score (nSPS) is 15.4. The molecule has 1 amide bonds. The number of rotatable bonds is 7. The van der Waals surface area contributed by atoms with Gasteiger partial charge in [-0.05, 0) is 62.0 Å². The second-order valence-electron chi connectivity index (χ2n) is 7.19. The first-order valence-corrected chi connectivity index (χ1v) is 11.6. The first kappa shape index (κ1) is 20.1. The molecular formula is C22H25N3O2S2. The third-order valence-corrected chi connectivity index (χ3v) is 7.20. The minimum Gasteiger partial charge on any atom is -0.497 e. The van der Waals surface area contributed by atoms with E-state index in [2.05, 4.69) is 32.7 Å². The quantitative estimate of drug-likeness (QED) is 0.591. The lowest BCUT2D eigenvalue weighted by atomic mass is 10.1. The van der Waals surface area contributed by atoms with Crippen molar-refractivity contribution >= 4 is 28.6 Å². The van der Waals surface area contributed by atoms with Crippen LogP contribution >= 0.6 is 22.7 Å². The Labute approximate surface area is 179 Å². The fraction of sp³-hybridized carbons (Fsp3) is 0.364. The van der Waals surface area contributed by atoms with Crippen LogP contribution in [-0.2, 0) is 0 Å². The number of carbonyl (C=O) groups excluding carboxylic acids is 1. The molecule has 29 heavy (non-hydrogen) atoms. The number of benzene rings is 1. The van der Waals surface area contributed by atoms with Crippen molar-refractivity contribution < 1.29 is 9.53 Å². The second kappa shape index (κ2) is 9.07. The number of aryl methyl sites for hydroxylation is 1. The molecule has 1 aliphatic rings. The molecule has 1 aromatic carbocycles. The fourth-order valence-electron chi connectivity index (χ4n) is 3.72. The van der Waals surface area contributed by atoms with Crippen molar-refractivity contribution in [2.24, 2.45) is 0 Å². The molecule has 1 N–H and O–H groups in total. The highest BCUT2D eigenvalue weighted by atomic mass is 32.1. The number of carbonyl (C=O) groups is 1. The van der Waals surface area contributed by atoms with Gasteiger partial charge >= 0.3 is 0 Å². The largest absolute Gasteiger partial charge is 0.497 e. The molecule has 0 aliphatic carbocycles. The lowest BCUT2D eigenvalue weighted by molar-refractivity contribution is 0.0941. The van der Waals surface area contributed by atoms with Gasteiger partial charge in [-0.1, -0.05) is 12.1 Å². The number of likely N-dealkylation sites (tertiary alicyclic amines) is 1. The number of methoxy groups -OCH3 is 1. The highest BCUT2D eigenvalue weighted by molar-refractivity contribution is 7.17. The Morgan fingerprint density at radius 3 is 2.66 bits per heavy atom. The third kappa shape index (κ3) is 4.52.